The molecular weight excluding hydrogens is 480 g/mol. The second-order valence-corrected chi connectivity index (χ2v) is 12.5. The minimum absolute atomic E-state index is 0.0669. The standard InChI is InChI=1S/C32H44O6/c1-7-13-32(38-29(34)20-17-26(35-4)28(37-6)27(18-20)36-5)16-12-25-23-9-8-21-19-22(33)10-14-30(21,2)24(23)11-15-31(25,32)3/h17-19,23-25H,7-16H2,1-6H3/t23-,24-,25+,30+,31+,32?/m1/s1. The second kappa shape index (κ2) is 9.91. The van der Waals surface area contributed by atoms with Crippen LogP contribution >= 0.6 is 0 Å². The normalized spacial score (nSPS) is 35.9. The third-order valence-corrected chi connectivity index (χ3v) is 11.1. The Morgan fingerprint density at radius 2 is 1.61 bits per heavy atom. The van der Waals surface area contributed by atoms with Gasteiger partial charge in [-0.1, -0.05) is 32.8 Å². The first-order valence-electron chi connectivity index (χ1n) is 14.4. The lowest BCUT2D eigenvalue weighted by Gasteiger charge is -2.59. The topological polar surface area (TPSA) is 71.1 Å². The molecule has 1 unspecified atom stereocenters. The summed E-state index contributed by atoms with van der Waals surface area (Å²) >= 11 is 0. The smallest absolute Gasteiger partial charge is 0.338 e. The van der Waals surface area contributed by atoms with Gasteiger partial charge in [-0.05, 0) is 92.7 Å². The predicted octanol–water partition coefficient (Wildman–Crippen LogP) is 6.94. The van der Waals surface area contributed by atoms with Gasteiger partial charge in [-0.3, -0.25) is 4.79 Å². The van der Waals surface area contributed by atoms with E-state index in [1.54, 1.807) is 33.5 Å². The van der Waals surface area contributed by atoms with E-state index in [4.69, 9.17) is 18.9 Å². The lowest BCUT2D eigenvalue weighted by Crippen LogP contribution is -2.56. The summed E-state index contributed by atoms with van der Waals surface area (Å²) in [5.41, 5.74) is 1.39. The quantitative estimate of drug-likeness (QED) is 0.360. The molecule has 38 heavy (non-hydrogen) atoms. The lowest BCUT2D eigenvalue weighted by molar-refractivity contribution is -0.137. The molecule has 0 heterocycles. The van der Waals surface area contributed by atoms with E-state index in [0.717, 1.165) is 57.8 Å². The molecule has 4 aliphatic carbocycles. The van der Waals surface area contributed by atoms with Gasteiger partial charge in [0.2, 0.25) is 5.75 Å². The predicted molar refractivity (Wildman–Crippen MR) is 146 cm³/mol. The number of allylic oxidation sites excluding steroid dienone is 1. The zero-order valence-electron chi connectivity index (χ0n) is 24.0. The monoisotopic (exact) mass is 524 g/mol. The van der Waals surface area contributed by atoms with Crippen molar-refractivity contribution in [2.75, 3.05) is 21.3 Å². The summed E-state index contributed by atoms with van der Waals surface area (Å²) in [5.74, 6) is 3.08. The van der Waals surface area contributed by atoms with E-state index in [-0.39, 0.29) is 16.8 Å². The van der Waals surface area contributed by atoms with Crippen LogP contribution in [0, 0.1) is 28.6 Å². The molecular formula is C32H44O6. The molecule has 0 amide bonds. The average Bonchev–Trinajstić information content (AvgIpc) is 3.19. The first-order valence-corrected chi connectivity index (χ1v) is 14.4. The van der Waals surface area contributed by atoms with Crippen LogP contribution in [-0.4, -0.2) is 38.7 Å². The minimum Gasteiger partial charge on any atom is -0.493 e. The zero-order valence-corrected chi connectivity index (χ0v) is 24.0. The van der Waals surface area contributed by atoms with Gasteiger partial charge in [0.1, 0.15) is 5.60 Å². The molecule has 6 atom stereocenters. The van der Waals surface area contributed by atoms with Crippen LogP contribution in [-0.2, 0) is 9.53 Å². The van der Waals surface area contributed by atoms with Crippen molar-refractivity contribution in [3.63, 3.8) is 0 Å². The number of hydrogen-bond donors (Lipinski definition) is 0. The summed E-state index contributed by atoms with van der Waals surface area (Å²) in [6, 6.07) is 3.38. The fourth-order valence-corrected chi connectivity index (χ4v) is 9.12. The molecule has 0 aromatic heterocycles. The Hall–Kier alpha value is -2.50. The third-order valence-electron chi connectivity index (χ3n) is 11.1. The van der Waals surface area contributed by atoms with E-state index in [2.05, 4.69) is 20.8 Å². The van der Waals surface area contributed by atoms with Crippen molar-refractivity contribution in [2.45, 2.75) is 90.6 Å². The zero-order chi connectivity index (χ0) is 27.3. The Morgan fingerprint density at radius 1 is 0.921 bits per heavy atom. The minimum atomic E-state index is -0.492. The Labute approximate surface area is 227 Å². The van der Waals surface area contributed by atoms with Crippen molar-refractivity contribution < 1.29 is 28.5 Å². The summed E-state index contributed by atoms with van der Waals surface area (Å²) in [6.07, 6.45) is 11.8. The van der Waals surface area contributed by atoms with Crippen LogP contribution in [0.1, 0.15) is 95.3 Å². The average molecular weight is 525 g/mol. The number of carbonyl (C=O) groups excluding carboxylic acids is 2. The molecule has 3 saturated carbocycles. The number of carbonyl (C=O) groups is 2. The van der Waals surface area contributed by atoms with Crippen molar-refractivity contribution in [1.82, 2.24) is 0 Å². The van der Waals surface area contributed by atoms with Crippen molar-refractivity contribution in [1.29, 1.82) is 0 Å². The van der Waals surface area contributed by atoms with E-state index in [9.17, 15) is 9.59 Å². The van der Waals surface area contributed by atoms with E-state index in [1.807, 2.05) is 6.08 Å². The van der Waals surface area contributed by atoms with Gasteiger partial charge in [0, 0.05) is 11.8 Å². The number of benzene rings is 1. The molecule has 0 aliphatic heterocycles. The molecule has 4 aliphatic rings. The summed E-state index contributed by atoms with van der Waals surface area (Å²) in [5, 5.41) is 0. The van der Waals surface area contributed by atoms with E-state index >= 15 is 0 Å². The summed E-state index contributed by atoms with van der Waals surface area (Å²) in [6.45, 7) is 7.01. The van der Waals surface area contributed by atoms with Crippen molar-refractivity contribution in [3.8, 4) is 17.2 Å². The summed E-state index contributed by atoms with van der Waals surface area (Å²) in [7, 11) is 4.67. The molecule has 0 spiro atoms. The highest BCUT2D eigenvalue weighted by molar-refractivity contribution is 5.92. The lowest BCUT2D eigenvalue weighted by atomic mass is 9.46. The number of fused-ring (bicyclic) bond motifs is 5. The van der Waals surface area contributed by atoms with E-state index in [1.165, 1.54) is 5.57 Å². The molecule has 1 aromatic carbocycles. The van der Waals surface area contributed by atoms with Gasteiger partial charge >= 0.3 is 5.97 Å². The molecule has 6 heteroatoms. The van der Waals surface area contributed by atoms with Crippen LogP contribution in [0.15, 0.2) is 23.8 Å². The Bertz CT molecular complexity index is 1110. The van der Waals surface area contributed by atoms with Crippen LogP contribution in [0.3, 0.4) is 0 Å². The van der Waals surface area contributed by atoms with Crippen LogP contribution in [0.4, 0.5) is 0 Å². The van der Waals surface area contributed by atoms with Crippen LogP contribution in [0.25, 0.3) is 0 Å². The third kappa shape index (κ3) is 3.96. The first kappa shape index (κ1) is 27.1. The molecule has 1 aromatic rings. The van der Waals surface area contributed by atoms with Crippen molar-refractivity contribution in [3.05, 3.63) is 29.3 Å². The highest BCUT2D eigenvalue weighted by Crippen LogP contribution is 2.69. The number of ether oxygens (including phenoxy) is 4. The molecule has 208 valence electrons. The molecule has 0 bridgehead atoms. The van der Waals surface area contributed by atoms with Crippen molar-refractivity contribution in [2.24, 2.45) is 28.6 Å². The molecule has 0 saturated heterocycles. The summed E-state index contributed by atoms with van der Waals surface area (Å²) in [4.78, 5) is 26.0. The van der Waals surface area contributed by atoms with Gasteiger partial charge in [0.05, 0.1) is 26.9 Å². The van der Waals surface area contributed by atoms with Gasteiger partial charge in [-0.25, -0.2) is 4.79 Å². The highest BCUT2D eigenvalue weighted by Gasteiger charge is 2.65. The van der Waals surface area contributed by atoms with E-state index in [0.29, 0.717) is 52.8 Å². The van der Waals surface area contributed by atoms with Gasteiger partial charge in [-0.2, -0.15) is 0 Å². The maximum absolute atomic E-state index is 13.8. The second-order valence-electron chi connectivity index (χ2n) is 12.5. The van der Waals surface area contributed by atoms with Crippen LogP contribution < -0.4 is 14.2 Å². The maximum atomic E-state index is 13.8. The number of rotatable bonds is 7. The SMILES string of the molecule is CCCC1(OC(=O)c2cc(OC)c(OC)c(OC)c2)CC[C@H]2[C@@H]3CCC4=CC(=O)CC[C@]4(C)[C@@H]3CC[C@@]21C. The van der Waals surface area contributed by atoms with Gasteiger partial charge < -0.3 is 18.9 Å². The fourth-order valence-electron chi connectivity index (χ4n) is 9.12. The Morgan fingerprint density at radius 3 is 2.24 bits per heavy atom. The van der Waals surface area contributed by atoms with Crippen LogP contribution in [0.5, 0.6) is 17.2 Å². The molecule has 0 N–H and O–H groups in total. The largest absolute Gasteiger partial charge is 0.493 e. The Balaban J connectivity index is 1.45. The number of esters is 1. The number of hydrogen-bond acceptors (Lipinski definition) is 6. The fraction of sp³-hybridized carbons (Fsp3) is 0.688. The van der Waals surface area contributed by atoms with E-state index < -0.39 is 5.60 Å². The Kier molecular flexibility index (Phi) is 7.06. The van der Waals surface area contributed by atoms with Crippen molar-refractivity contribution >= 4 is 11.8 Å². The number of methoxy groups -OCH3 is 3. The van der Waals surface area contributed by atoms with Gasteiger partial charge in [0.15, 0.2) is 17.3 Å². The van der Waals surface area contributed by atoms with Gasteiger partial charge in [-0.15, -0.1) is 0 Å². The molecule has 6 nitrogen and oxygen atoms in total. The van der Waals surface area contributed by atoms with Crippen LogP contribution in [0.2, 0.25) is 0 Å². The maximum Gasteiger partial charge on any atom is 0.338 e. The highest BCUT2D eigenvalue weighted by atomic mass is 16.6. The molecule has 5 rings (SSSR count). The summed E-state index contributed by atoms with van der Waals surface area (Å²) < 4.78 is 23.1. The first-order chi connectivity index (χ1) is 18.2. The molecule has 0 radical (unpaired) electrons. The molecule has 3 fully saturated rings. The number of ketones is 1. The van der Waals surface area contributed by atoms with Gasteiger partial charge in [0.25, 0.3) is 0 Å².